The van der Waals surface area contributed by atoms with Crippen molar-refractivity contribution in [3.05, 3.63) is 79.3 Å². The molecule has 0 unspecified atom stereocenters. The van der Waals surface area contributed by atoms with Crippen molar-refractivity contribution in [3.8, 4) is 11.5 Å². The van der Waals surface area contributed by atoms with Crippen molar-refractivity contribution in [2.45, 2.75) is 6.54 Å². The number of methoxy groups -OCH3 is 1. The molecule has 0 radical (unpaired) electrons. The van der Waals surface area contributed by atoms with Gasteiger partial charge in [0.05, 0.1) is 19.2 Å². The highest BCUT2D eigenvalue weighted by molar-refractivity contribution is 9.10. The first-order valence-corrected chi connectivity index (χ1v) is 8.91. The lowest BCUT2D eigenvalue weighted by molar-refractivity contribution is 0.408. The molecule has 2 aromatic carbocycles. The molecule has 2 heterocycles. The van der Waals surface area contributed by atoms with E-state index in [-0.39, 0.29) is 22.0 Å². The van der Waals surface area contributed by atoms with E-state index in [9.17, 15) is 14.7 Å². The zero-order valence-electron chi connectivity index (χ0n) is 14.2. The van der Waals surface area contributed by atoms with E-state index in [0.717, 1.165) is 5.56 Å². The number of fused-ring (bicyclic) bond motifs is 3. The summed E-state index contributed by atoms with van der Waals surface area (Å²) in [4.78, 5) is 25.2. The molecular formula is C20H14BrNO5. The van der Waals surface area contributed by atoms with E-state index in [1.807, 2.05) is 24.3 Å². The summed E-state index contributed by atoms with van der Waals surface area (Å²) in [5, 5.41) is 10.9. The van der Waals surface area contributed by atoms with Gasteiger partial charge in [-0.25, -0.2) is 4.79 Å². The minimum atomic E-state index is -0.743. The Labute approximate surface area is 161 Å². The van der Waals surface area contributed by atoms with E-state index >= 15 is 0 Å². The lowest BCUT2D eigenvalue weighted by Crippen LogP contribution is -2.22. The number of hydrogen-bond donors (Lipinski definition) is 1. The van der Waals surface area contributed by atoms with Gasteiger partial charge in [0.2, 0.25) is 0 Å². The lowest BCUT2D eigenvalue weighted by Gasteiger charge is -2.15. The molecule has 0 aliphatic heterocycles. The molecule has 2 aromatic heterocycles. The number of hydrogen-bond acceptors (Lipinski definition) is 5. The Morgan fingerprint density at radius 1 is 1.11 bits per heavy atom. The molecule has 0 amide bonds. The number of ether oxygens (including phenoxy) is 1. The molecule has 4 rings (SSSR count). The van der Waals surface area contributed by atoms with Crippen molar-refractivity contribution in [1.29, 1.82) is 0 Å². The SMILES string of the molecule is COc1ccccc1Cn1c(=O)c2c(O)c(Br)c(=O)oc2c2ccccc21. The molecule has 0 saturated carbocycles. The Bertz CT molecular complexity index is 1310. The first-order chi connectivity index (χ1) is 13.0. The van der Waals surface area contributed by atoms with Gasteiger partial charge in [0.1, 0.15) is 15.6 Å². The molecule has 0 atom stereocenters. The highest BCUT2D eigenvalue weighted by Gasteiger charge is 2.20. The van der Waals surface area contributed by atoms with E-state index in [1.54, 1.807) is 31.4 Å². The average Bonchev–Trinajstić information content (AvgIpc) is 2.69. The molecule has 27 heavy (non-hydrogen) atoms. The van der Waals surface area contributed by atoms with Crippen LogP contribution < -0.4 is 15.9 Å². The fourth-order valence-electron chi connectivity index (χ4n) is 3.20. The predicted octanol–water partition coefficient (Wildman–Crippen LogP) is 3.63. The summed E-state index contributed by atoms with van der Waals surface area (Å²) in [6.45, 7) is 0.232. The van der Waals surface area contributed by atoms with Crippen LogP contribution in [0.2, 0.25) is 0 Å². The average molecular weight is 428 g/mol. The maximum absolute atomic E-state index is 13.2. The minimum absolute atomic E-state index is 0.0462. The largest absolute Gasteiger partial charge is 0.506 e. The smallest absolute Gasteiger partial charge is 0.354 e. The quantitative estimate of drug-likeness (QED) is 0.504. The third-order valence-electron chi connectivity index (χ3n) is 4.47. The Kier molecular flexibility index (Phi) is 4.24. The predicted molar refractivity (Wildman–Crippen MR) is 106 cm³/mol. The van der Waals surface area contributed by atoms with Crippen molar-refractivity contribution in [2.75, 3.05) is 7.11 Å². The summed E-state index contributed by atoms with van der Waals surface area (Å²) in [5.74, 6) is 0.226. The van der Waals surface area contributed by atoms with E-state index < -0.39 is 16.9 Å². The Morgan fingerprint density at radius 2 is 1.81 bits per heavy atom. The first-order valence-electron chi connectivity index (χ1n) is 8.11. The zero-order chi connectivity index (χ0) is 19.1. The summed E-state index contributed by atoms with van der Waals surface area (Å²) in [6, 6.07) is 14.5. The summed E-state index contributed by atoms with van der Waals surface area (Å²) >= 11 is 2.99. The number of aromatic nitrogens is 1. The molecular weight excluding hydrogens is 414 g/mol. The highest BCUT2D eigenvalue weighted by Crippen LogP contribution is 2.32. The first kappa shape index (κ1) is 17.4. The number of nitrogens with zero attached hydrogens (tertiary/aromatic N) is 1. The van der Waals surface area contributed by atoms with Crippen molar-refractivity contribution in [2.24, 2.45) is 0 Å². The molecule has 0 aliphatic rings. The van der Waals surface area contributed by atoms with Gasteiger partial charge in [0, 0.05) is 10.9 Å². The minimum Gasteiger partial charge on any atom is -0.506 e. The summed E-state index contributed by atoms with van der Waals surface area (Å²) in [6.07, 6.45) is 0. The van der Waals surface area contributed by atoms with E-state index in [1.165, 1.54) is 4.57 Å². The van der Waals surface area contributed by atoms with Crippen molar-refractivity contribution in [1.82, 2.24) is 4.57 Å². The second-order valence-electron chi connectivity index (χ2n) is 5.98. The summed E-state index contributed by atoms with van der Waals surface area (Å²) in [7, 11) is 1.57. The van der Waals surface area contributed by atoms with E-state index in [4.69, 9.17) is 9.15 Å². The zero-order valence-corrected chi connectivity index (χ0v) is 15.8. The van der Waals surface area contributed by atoms with Gasteiger partial charge in [0.25, 0.3) is 5.56 Å². The topological polar surface area (TPSA) is 81.7 Å². The Hall–Kier alpha value is -3.06. The number of halogens is 1. The second kappa shape index (κ2) is 6.59. The van der Waals surface area contributed by atoms with Gasteiger partial charge in [-0.15, -0.1) is 0 Å². The van der Waals surface area contributed by atoms with Gasteiger partial charge < -0.3 is 18.8 Å². The Balaban J connectivity index is 2.13. The molecule has 6 nitrogen and oxygen atoms in total. The van der Waals surface area contributed by atoms with Crippen molar-refractivity contribution >= 4 is 37.8 Å². The van der Waals surface area contributed by atoms with Crippen molar-refractivity contribution in [3.63, 3.8) is 0 Å². The van der Waals surface area contributed by atoms with Crippen LogP contribution in [0.4, 0.5) is 0 Å². The van der Waals surface area contributed by atoms with Crippen LogP contribution in [-0.4, -0.2) is 16.8 Å². The number of pyridine rings is 1. The van der Waals surface area contributed by atoms with Gasteiger partial charge in [-0.1, -0.05) is 30.3 Å². The fourth-order valence-corrected chi connectivity index (χ4v) is 3.48. The molecule has 1 N–H and O–H groups in total. The van der Waals surface area contributed by atoms with Crippen molar-refractivity contribution < 1.29 is 14.3 Å². The second-order valence-corrected chi connectivity index (χ2v) is 6.77. The number of para-hydroxylation sites is 2. The molecule has 0 bridgehead atoms. The number of rotatable bonds is 3. The lowest BCUT2D eigenvalue weighted by atomic mass is 10.1. The molecule has 136 valence electrons. The molecule has 7 heteroatoms. The summed E-state index contributed by atoms with van der Waals surface area (Å²) < 4.78 is 12.1. The van der Waals surface area contributed by atoms with E-state index in [0.29, 0.717) is 16.7 Å². The van der Waals surface area contributed by atoms with Crippen LogP contribution >= 0.6 is 15.9 Å². The van der Waals surface area contributed by atoms with Crippen LogP contribution in [0, 0.1) is 0 Å². The maximum Gasteiger partial charge on any atom is 0.354 e. The molecule has 0 saturated heterocycles. The summed E-state index contributed by atoms with van der Waals surface area (Å²) in [5.41, 5.74) is 0.259. The molecule has 0 fully saturated rings. The molecule has 4 aromatic rings. The third kappa shape index (κ3) is 2.71. The van der Waals surface area contributed by atoms with Gasteiger partial charge in [0.15, 0.2) is 11.3 Å². The van der Waals surface area contributed by atoms with Crippen LogP contribution in [0.1, 0.15) is 5.56 Å². The monoisotopic (exact) mass is 427 g/mol. The number of benzene rings is 2. The van der Waals surface area contributed by atoms with Crippen LogP contribution in [0.5, 0.6) is 11.5 Å². The van der Waals surface area contributed by atoms with Crippen LogP contribution in [-0.2, 0) is 6.54 Å². The standard InChI is InChI=1S/C20H14BrNO5/c1-26-14-9-5-2-6-11(14)10-22-13-8-4-3-7-12(13)18-15(19(22)24)17(23)16(21)20(25)27-18/h2-9,23H,10H2,1H3. The highest BCUT2D eigenvalue weighted by atomic mass is 79.9. The Morgan fingerprint density at radius 3 is 2.59 bits per heavy atom. The van der Waals surface area contributed by atoms with Gasteiger partial charge in [-0.3, -0.25) is 4.79 Å². The van der Waals surface area contributed by atoms with Gasteiger partial charge >= 0.3 is 5.63 Å². The molecule has 0 aliphatic carbocycles. The fraction of sp³-hybridized carbons (Fsp3) is 0.100. The normalized spacial score (nSPS) is 11.2. The maximum atomic E-state index is 13.2. The van der Waals surface area contributed by atoms with Crippen LogP contribution in [0.15, 0.2) is 67.0 Å². The van der Waals surface area contributed by atoms with Crippen LogP contribution in [0.25, 0.3) is 21.9 Å². The molecule has 0 spiro atoms. The van der Waals surface area contributed by atoms with Gasteiger partial charge in [-0.2, -0.15) is 0 Å². The third-order valence-corrected chi connectivity index (χ3v) is 5.16. The van der Waals surface area contributed by atoms with Crippen LogP contribution in [0.3, 0.4) is 0 Å². The van der Waals surface area contributed by atoms with Gasteiger partial charge in [-0.05, 0) is 34.1 Å². The van der Waals surface area contributed by atoms with E-state index in [2.05, 4.69) is 15.9 Å². The number of aromatic hydroxyl groups is 1.